The number of fused-ring (bicyclic) bond motifs is 1. The lowest BCUT2D eigenvalue weighted by atomic mass is 9.84. The predicted molar refractivity (Wildman–Crippen MR) is 95.7 cm³/mol. The SMILES string of the molecule is CC(CC(=Cn1nnc2ccccc21)OS(=O)(=O)C(F)(F)F)CC(C)(C)C. The molecule has 1 unspecified atom stereocenters. The zero-order valence-electron chi connectivity index (χ0n) is 15.5. The Kier molecular flexibility index (Phi) is 5.88. The van der Waals surface area contributed by atoms with E-state index in [2.05, 4.69) is 14.5 Å². The first kappa shape index (κ1) is 21.2. The molecule has 0 aliphatic carbocycles. The molecule has 0 radical (unpaired) electrons. The summed E-state index contributed by atoms with van der Waals surface area (Å²) in [4.78, 5) is 0. The van der Waals surface area contributed by atoms with Crippen LogP contribution in [-0.4, -0.2) is 28.9 Å². The van der Waals surface area contributed by atoms with Crippen molar-refractivity contribution >= 4 is 27.4 Å². The highest BCUT2D eigenvalue weighted by Crippen LogP contribution is 2.32. The van der Waals surface area contributed by atoms with Gasteiger partial charge in [0.25, 0.3) is 0 Å². The molecule has 0 bridgehead atoms. The number of halogens is 3. The number of hydrogen-bond donors (Lipinski definition) is 0. The van der Waals surface area contributed by atoms with E-state index in [0.717, 1.165) is 6.20 Å². The standard InChI is InChI=1S/C17H22F3N3O3S/c1-12(10-16(2,3)4)9-13(26-27(24,25)17(18,19)20)11-23-15-8-6-5-7-14(15)21-22-23/h5-8,11-12H,9-10H2,1-4H3. The van der Waals surface area contributed by atoms with Gasteiger partial charge >= 0.3 is 15.6 Å². The molecule has 150 valence electrons. The smallest absolute Gasteiger partial charge is 0.379 e. The Balaban J connectivity index is 2.40. The molecule has 0 aliphatic rings. The number of para-hydroxylation sites is 1. The molecule has 10 heteroatoms. The van der Waals surface area contributed by atoms with Crippen molar-refractivity contribution in [3.8, 4) is 0 Å². The molecule has 1 aromatic heterocycles. The first-order valence-electron chi connectivity index (χ1n) is 8.30. The van der Waals surface area contributed by atoms with Crippen molar-refractivity contribution in [2.75, 3.05) is 0 Å². The zero-order chi connectivity index (χ0) is 20.5. The van der Waals surface area contributed by atoms with E-state index >= 15 is 0 Å². The lowest BCUT2D eigenvalue weighted by Gasteiger charge is -2.24. The van der Waals surface area contributed by atoms with Crippen LogP contribution < -0.4 is 0 Å². The van der Waals surface area contributed by atoms with Gasteiger partial charge in [-0.15, -0.1) is 5.10 Å². The van der Waals surface area contributed by atoms with Gasteiger partial charge in [0.15, 0.2) is 0 Å². The van der Waals surface area contributed by atoms with Crippen LogP contribution >= 0.6 is 0 Å². The van der Waals surface area contributed by atoms with Crippen LogP contribution in [0, 0.1) is 11.3 Å². The van der Waals surface area contributed by atoms with Gasteiger partial charge in [0.05, 0.1) is 11.7 Å². The molecule has 1 heterocycles. The van der Waals surface area contributed by atoms with Crippen molar-refractivity contribution < 1.29 is 25.8 Å². The molecule has 0 fully saturated rings. The van der Waals surface area contributed by atoms with Crippen LogP contribution in [0.15, 0.2) is 30.0 Å². The Bertz CT molecular complexity index is 928. The first-order chi connectivity index (χ1) is 12.3. The Morgan fingerprint density at radius 2 is 1.89 bits per heavy atom. The molecular weight excluding hydrogens is 383 g/mol. The third-order valence-corrected chi connectivity index (χ3v) is 4.65. The van der Waals surface area contributed by atoms with Crippen LogP contribution in [0.2, 0.25) is 0 Å². The summed E-state index contributed by atoms with van der Waals surface area (Å²) >= 11 is 0. The summed E-state index contributed by atoms with van der Waals surface area (Å²) in [5.41, 5.74) is -4.54. The van der Waals surface area contributed by atoms with Crippen molar-refractivity contribution in [3.05, 3.63) is 30.0 Å². The summed E-state index contributed by atoms with van der Waals surface area (Å²) in [5, 5.41) is 7.74. The van der Waals surface area contributed by atoms with Crippen LogP contribution in [0.4, 0.5) is 13.2 Å². The molecule has 0 amide bonds. The lowest BCUT2D eigenvalue weighted by Crippen LogP contribution is -2.26. The van der Waals surface area contributed by atoms with E-state index < -0.39 is 15.6 Å². The van der Waals surface area contributed by atoms with Crippen LogP contribution in [0.1, 0.15) is 40.5 Å². The minimum absolute atomic E-state index is 0.000761. The quantitative estimate of drug-likeness (QED) is 0.400. The minimum Gasteiger partial charge on any atom is -0.379 e. The molecule has 2 aromatic rings. The van der Waals surface area contributed by atoms with Gasteiger partial charge in [0, 0.05) is 6.42 Å². The molecule has 0 aliphatic heterocycles. The molecule has 0 saturated carbocycles. The monoisotopic (exact) mass is 405 g/mol. The summed E-state index contributed by atoms with van der Waals surface area (Å²) in [6, 6.07) is 6.80. The van der Waals surface area contributed by atoms with Crippen LogP contribution in [0.25, 0.3) is 17.2 Å². The van der Waals surface area contributed by atoms with Gasteiger partial charge < -0.3 is 4.18 Å². The molecule has 2 rings (SSSR count). The Morgan fingerprint density at radius 1 is 1.26 bits per heavy atom. The molecular formula is C17H22F3N3O3S. The Hall–Kier alpha value is -2.10. The highest BCUT2D eigenvalue weighted by Gasteiger charge is 2.49. The number of hydrogen-bond acceptors (Lipinski definition) is 5. The molecule has 1 atom stereocenters. The number of nitrogens with zero attached hydrogens (tertiary/aromatic N) is 3. The predicted octanol–water partition coefficient (Wildman–Crippen LogP) is 4.56. The Morgan fingerprint density at radius 3 is 2.48 bits per heavy atom. The number of allylic oxidation sites excluding steroid dienone is 1. The van der Waals surface area contributed by atoms with E-state index in [0.29, 0.717) is 17.5 Å². The van der Waals surface area contributed by atoms with Crippen molar-refractivity contribution in [1.82, 2.24) is 15.0 Å². The van der Waals surface area contributed by atoms with Crippen molar-refractivity contribution in [3.63, 3.8) is 0 Å². The van der Waals surface area contributed by atoms with Gasteiger partial charge in [0.2, 0.25) is 0 Å². The second-order valence-electron chi connectivity index (χ2n) is 7.68. The molecule has 27 heavy (non-hydrogen) atoms. The summed E-state index contributed by atoms with van der Waals surface area (Å²) in [5.74, 6) is -0.464. The normalized spacial score (nSPS) is 15.1. The van der Waals surface area contributed by atoms with Gasteiger partial charge in [-0.2, -0.15) is 21.6 Å². The molecule has 0 N–H and O–H groups in total. The molecule has 6 nitrogen and oxygen atoms in total. The van der Waals surface area contributed by atoms with Gasteiger partial charge in [0.1, 0.15) is 11.3 Å². The van der Waals surface area contributed by atoms with Crippen molar-refractivity contribution in [2.24, 2.45) is 11.3 Å². The fraction of sp³-hybridized carbons (Fsp3) is 0.529. The maximum atomic E-state index is 12.8. The fourth-order valence-corrected chi connectivity index (χ4v) is 3.36. The summed E-state index contributed by atoms with van der Waals surface area (Å²) in [6.45, 7) is 7.80. The summed E-state index contributed by atoms with van der Waals surface area (Å²) in [6.07, 6.45) is 1.80. The van der Waals surface area contributed by atoms with E-state index in [9.17, 15) is 21.6 Å². The number of alkyl halides is 3. The Labute approximate surface area is 156 Å². The fourth-order valence-electron chi connectivity index (χ4n) is 2.88. The first-order valence-corrected chi connectivity index (χ1v) is 9.71. The second-order valence-corrected chi connectivity index (χ2v) is 9.21. The van der Waals surface area contributed by atoms with Crippen LogP contribution in [0.3, 0.4) is 0 Å². The number of aromatic nitrogens is 3. The third-order valence-electron chi connectivity index (χ3n) is 3.65. The van der Waals surface area contributed by atoms with E-state index in [1.54, 1.807) is 24.3 Å². The summed E-state index contributed by atoms with van der Waals surface area (Å²) in [7, 11) is -5.77. The maximum Gasteiger partial charge on any atom is 0.534 e. The van der Waals surface area contributed by atoms with Gasteiger partial charge in [-0.3, -0.25) is 0 Å². The molecule has 0 saturated heterocycles. The van der Waals surface area contributed by atoms with Gasteiger partial charge in [-0.05, 0) is 29.9 Å². The molecule has 1 aromatic carbocycles. The maximum absolute atomic E-state index is 12.8. The van der Waals surface area contributed by atoms with E-state index in [1.165, 1.54) is 4.68 Å². The topological polar surface area (TPSA) is 74.1 Å². The highest BCUT2D eigenvalue weighted by atomic mass is 32.2. The van der Waals surface area contributed by atoms with E-state index in [-0.39, 0.29) is 23.5 Å². The third kappa shape index (κ3) is 5.69. The number of benzene rings is 1. The lowest BCUT2D eigenvalue weighted by molar-refractivity contribution is -0.0524. The van der Waals surface area contributed by atoms with E-state index in [4.69, 9.17) is 0 Å². The average Bonchev–Trinajstić information content (AvgIpc) is 2.87. The van der Waals surface area contributed by atoms with E-state index in [1.807, 2.05) is 27.7 Å². The van der Waals surface area contributed by atoms with Crippen molar-refractivity contribution in [1.29, 1.82) is 0 Å². The second kappa shape index (κ2) is 7.49. The average molecular weight is 405 g/mol. The van der Waals surface area contributed by atoms with Gasteiger partial charge in [-0.1, -0.05) is 45.0 Å². The van der Waals surface area contributed by atoms with Crippen LogP contribution in [-0.2, 0) is 14.3 Å². The van der Waals surface area contributed by atoms with Crippen LogP contribution in [0.5, 0.6) is 0 Å². The zero-order valence-corrected chi connectivity index (χ0v) is 16.3. The van der Waals surface area contributed by atoms with Crippen molar-refractivity contribution in [2.45, 2.75) is 46.0 Å². The van der Waals surface area contributed by atoms with Gasteiger partial charge in [-0.25, -0.2) is 4.68 Å². The highest BCUT2D eigenvalue weighted by molar-refractivity contribution is 7.87. The molecule has 0 spiro atoms. The largest absolute Gasteiger partial charge is 0.534 e. The summed E-state index contributed by atoms with van der Waals surface area (Å²) < 4.78 is 66.9. The number of rotatable bonds is 6. The minimum atomic E-state index is -5.77.